The first-order valence-electron chi connectivity index (χ1n) is 7.46. The molecule has 0 spiro atoms. The number of nitrogens with zero attached hydrogens (tertiary/aromatic N) is 1. The predicted molar refractivity (Wildman–Crippen MR) is 90.2 cm³/mol. The Morgan fingerprint density at radius 1 is 0.714 bits per heavy atom. The van der Waals surface area contributed by atoms with E-state index in [0.717, 1.165) is 6.42 Å². The van der Waals surface area contributed by atoms with Gasteiger partial charge in [-0.1, -0.05) is 55.5 Å². The summed E-state index contributed by atoms with van der Waals surface area (Å²) in [4.78, 5) is 0. The minimum Gasteiger partial charge on any atom is -0.309 e. The fraction of sp³-hybridized carbons (Fsp3) is 0.100. The first-order valence-corrected chi connectivity index (χ1v) is 7.46. The van der Waals surface area contributed by atoms with Crippen LogP contribution >= 0.6 is 0 Å². The average molecular weight is 271 g/mol. The normalized spacial score (nSPS) is 11.3. The fourth-order valence-corrected chi connectivity index (χ4v) is 3.09. The van der Waals surface area contributed by atoms with Crippen molar-refractivity contribution in [2.75, 3.05) is 0 Å². The lowest BCUT2D eigenvalue weighted by Crippen LogP contribution is -1.93. The number of hydrogen-bond donors (Lipinski definition) is 0. The van der Waals surface area contributed by atoms with E-state index in [-0.39, 0.29) is 0 Å². The van der Waals surface area contributed by atoms with E-state index in [1.165, 1.54) is 33.1 Å². The minimum absolute atomic E-state index is 1.06. The van der Waals surface area contributed by atoms with Crippen molar-refractivity contribution in [2.45, 2.75) is 13.3 Å². The van der Waals surface area contributed by atoms with E-state index in [9.17, 15) is 0 Å². The van der Waals surface area contributed by atoms with Crippen LogP contribution in [-0.2, 0) is 6.42 Å². The predicted octanol–water partition coefficient (Wildman–Crippen LogP) is 5.35. The third-order valence-electron chi connectivity index (χ3n) is 4.16. The molecule has 0 saturated heterocycles. The number of aryl methyl sites for hydroxylation is 1. The maximum Gasteiger partial charge on any atom is 0.0543 e. The van der Waals surface area contributed by atoms with Crippen LogP contribution in [0.2, 0.25) is 0 Å². The van der Waals surface area contributed by atoms with Crippen LogP contribution in [0, 0.1) is 0 Å². The largest absolute Gasteiger partial charge is 0.309 e. The van der Waals surface area contributed by atoms with Crippen LogP contribution in [0.3, 0.4) is 0 Å². The van der Waals surface area contributed by atoms with E-state index in [4.69, 9.17) is 0 Å². The number of fused-ring (bicyclic) bond motifs is 3. The van der Waals surface area contributed by atoms with E-state index in [0.29, 0.717) is 0 Å². The highest BCUT2D eigenvalue weighted by Crippen LogP contribution is 2.32. The summed E-state index contributed by atoms with van der Waals surface area (Å²) in [5.74, 6) is 0. The molecule has 0 aliphatic heterocycles. The van der Waals surface area contributed by atoms with Gasteiger partial charge in [0, 0.05) is 16.5 Å². The van der Waals surface area contributed by atoms with Gasteiger partial charge in [0.15, 0.2) is 0 Å². The van der Waals surface area contributed by atoms with Gasteiger partial charge < -0.3 is 4.57 Å². The fourth-order valence-electron chi connectivity index (χ4n) is 3.09. The van der Waals surface area contributed by atoms with Gasteiger partial charge in [0.2, 0.25) is 0 Å². The molecule has 0 N–H and O–H groups in total. The molecule has 0 aliphatic rings. The number of aromatic nitrogens is 1. The van der Waals surface area contributed by atoms with E-state index >= 15 is 0 Å². The summed E-state index contributed by atoms with van der Waals surface area (Å²) in [5, 5.41) is 2.64. The topological polar surface area (TPSA) is 4.93 Å². The number of rotatable bonds is 2. The highest BCUT2D eigenvalue weighted by atomic mass is 15.0. The lowest BCUT2D eigenvalue weighted by Gasteiger charge is -2.08. The van der Waals surface area contributed by atoms with Gasteiger partial charge in [-0.3, -0.25) is 0 Å². The van der Waals surface area contributed by atoms with Gasteiger partial charge in [-0.05, 0) is 36.2 Å². The van der Waals surface area contributed by atoms with E-state index in [2.05, 4.69) is 84.3 Å². The monoisotopic (exact) mass is 271 g/mol. The van der Waals surface area contributed by atoms with Gasteiger partial charge in [-0.15, -0.1) is 0 Å². The van der Waals surface area contributed by atoms with Crippen molar-refractivity contribution in [3.8, 4) is 5.69 Å². The molecule has 0 bridgehead atoms. The molecule has 3 aromatic carbocycles. The van der Waals surface area contributed by atoms with Gasteiger partial charge in [0.05, 0.1) is 11.0 Å². The van der Waals surface area contributed by atoms with E-state index in [1.54, 1.807) is 0 Å². The Morgan fingerprint density at radius 3 is 2.24 bits per heavy atom. The summed E-state index contributed by atoms with van der Waals surface area (Å²) in [6, 6.07) is 26.1. The van der Waals surface area contributed by atoms with Crippen LogP contribution in [0.1, 0.15) is 12.5 Å². The number of benzene rings is 3. The first-order chi connectivity index (χ1) is 10.4. The molecule has 1 nitrogen and oxygen atoms in total. The molecule has 4 aromatic rings. The molecule has 21 heavy (non-hydrogen) atoms. The van der Waals surface area contributed by atoms with Crippen LogP contribution in [0.4, 0.5) is 0 Å². The van der Waals surface area contributed by atoms with E-state index < -0.39 is 0 Å². The van der Waals surface area contributed by atoms with Gasteiger partial charge >= 0.3 is 0 Å². The van der Waals surface area contributed by atoms with Crippen molar-refractivity contribution in [2.24, 2.45) is 0 Å². The summed E-state index contributed by atoms with van der Waals surface area (Å²) < 4.78 is 2.36. The number of hydrogen-bond acceptors (Lipinski definition) is 0. The Labute approximate surface area is 124 Å². The molecule has 0 amide bonds. The number of para-hydroxylation sites is 2. The Balaban J connectivity index is 2.19. The van der Waals surface area contributed by atoms with Crippen molar-refractivity contribution in [1.29, 1.82) is 0 Å². The Bertz CT molecular complexity index is 917. The summed E-state index contributed by atoms with van der Waals surface area (Å²) >= 11 is 0. The van der Waals surface area contributed by atoms with Crippen LogP contribution in [0.15, 0.2) is 72.8 Å². The van der Waals surface area contributed by atoms with Crippen molar-refractivity contribution in [3.05, 3.63) is 78.4 Å². The molecule has 1 aromatic heterocycles. The lowest BCUT2D eigenvalue weighted by atomic mass is 10.1. The molecule has 4 rings (SSSR count). The van der Waals surface area contributed by atoms with Crippen molar-refractivity contribution >= 4 is 21.8 Å². The molecule has 1 heterocycles. The summed E-state index contributed by atoms with van der Waals surface area (Å²) in [7, 11) is 0. The summed E-state index contributed by atoms with van der Waals surface area (Å²) in [5.41, 5.74) is 5.16. The van der Waals surface area contributed by atoms with Crippen molar-refractivity contribution < 1.29 is 0 Å². The van der Waals surface area contributed by atoms with Crippen molar-refractivity contribution in [1.82, 2.24) is 4.57 Å². The highest BCUT2D eigenvalue weighted by molar-refractivity contribution is 6.09. The first kappa shape index (κ1) is 12.2. The third kappa shape index (κ3) is 1.85. The molecule has 0 atom stereocenters. The zero-order valence-electron chi connectivity index (χ0n) is 12.1. The van der Waals surface area contributed by atoms with Gasteiger partial charge in [-0.2, -0.15) is 0 Å². The second-order valence-corrected chi connectivity index (χ2v) is 5.39. The van der Waals surface area contributed by atoms with Crippen LogP contribution < -0.4 is 0 Å². The maximum atomic E-state index is 2.36. The molecule has 0 fully saturated rings. The lowest BCUT2D eigenvalue weighted by molar-refractivity contribution is 1.13. The van der Waals surface area contributed by atoms with Crippen LogP contribution in [-0.4, -0.2) is 4.57 Å². The standard InChI is InChI=1S/C20H17N/c1-2-15-12-13-18-17-10-6-7-11-19(17)21(20(18)14-15)16-8-4-3-5-9-16/h3-14H,2H2,1H3. The zero-order chi connectivity index (χ0) is 14.2. The quantitative estimate of drug-likeness (QED) is 0.463. The van der Waals surface area contributed by atoms with Gasteiger partial charge in [-0.25, -0.2) is 0 Å². The second kappa shape index (κ2) is 4.78. The maximum absolute atomic E-state index is 2.36. The molecule has 102 valence electrons. The van der Waals surface area contributed by atoms with Crippen molar-refractivity contribution in [3.63, 3.8) is 0 Å². The smallest absolute Gasteiger partial charge is 0.0543 e. The molecule has 0 radical (unpaired) electrons. The molecular formula is C20H17N. The van der Waals surface area contributed by atoms with Crippen LogP contribution in [0.5, 0.6) is 0 Å². The average Bonchev–Trinajstić information content (AvgIpc) is 2.89. The Hall–Kier alpha value is -2.54. The third-order valence-corrected chi connectivity index (χ3v) is 4.16. The molecule has 0 saturated carbocycles. The van der Waals surface area contributed by atoms with E-state index in [1.807, 2.05) is 0 Å². The van der Waals surface area contributed by atoms with Gasteiger partial charge in [0.25, 0.3) is 0 Å². The van der Waals surface area contributed by atoms with Crippen LogP contribution in [0.25, 0.3) is 27.5 Å². The highest BCUT2D eigenvalue weighted by Gasteiger charge is 2.11. The molecule has 0 unspecified atom stereocenters. The van der Waals surface area contributed by atoms with Gasteiger partial charge in [0.1, 0.15) is 0 Å². The Kier molecular flexibility index (Phi) is 2.78. The summed E-state index contributed by atoms with van der Waals surface area (Å²) in [6.45, 7) is 2.21. The minimum atomic E-state index is 1.06. The summed E-state index contributed by atoms with van der Waals surface area (Å²) in [6.07, 6.45) is 1.06. The molecule has 1 heteroatoms. The molecule has 0 aliphatic carbocycles. The SMILES string of the molecule is CCc1ccc2c3ccccc3n(-c3ccccc3)c2c1. The Morgan fingerprint density at radius 2 is 1.43 bits per heavy atom. The zero-order valence-corrected chi connectivity index (χ0v) is 12.1. The second-order valence-electron chi connectivity index (χ2n) is 5.39. The molecular weight excluding hydrogens is 254 g/mol.